The zero-order chi connectivity index (χ0) is 27.7. The van der Waals surface area contributed by atoms with Gasteiger partial charge in [0.05, 0.1) is 34.7 Å². The second-order valence-electron chi connectivity index (χ2n) is 7.91. The van der Waals surface area contributed by atoms with Crippen molar-refractivity contribution in [1.82, 2.24) is 29.8 Å². The maximum atomic E-state index is 13.9. The third-order valence-electron chi connectivity index (χ3n) is 5.29. The van der Waals surface area contributed by atoms with E-state index in [4.69, 9.17) is 5.11 Å². The average Bonchev–Trinajstić information content (AvgIpc) is 2.87. The average molecular weight is 537 g/mol. The van der Waals surface area contributed by atoms with Gasteiger partial charge in [-0.2, -0.15) is 26.3 Å². The van der Waals surface area contributed by atoms with E-state index in [1.165, 1.54) is 31.4 Å². The molecule has 0 saturated heterocycles. The van der Waals surface area contributed by atoms with E-state index in [0.717, 1.165) is 11.1 Å². The number of fused-ring (bicyclic) bond motifs is 1. The monoisotopic (exact) mass is 537 g/mol. The minimum absolute atomic E-state index is 0.0113. The number of likely N-dealkylation sites (N-methyl/N-ethyl adjacent to an activating group) is 1. The molecule has 0 aliphatic rings. The Labute approximate surface area is 210 Å². The van der Waals surface area contributed by atoms with Gasteiger partial charge in [-0.25, -0.2) is 19.9 Å². The lowest BCUT2D eigenvalue weighted by Crippen LogP contribution is -2.30. The van der Waals surface area contributed by atoms with Crippen molar-refractivity contribution in [2.24, 2.45) is 0 Å². The largest absolute Gasteiger partial charge is 0.419 e. The molecule has 0 aliphatic carbocycles. The highest BCUT2D eigenvalue weighted by atomic mass is 19.4. The van der Waals surface area contributed by atoms with E-state index in [-0.39, 0.29) is 36.0 Å². The molecule has 4 heterocycles. The molecule has 4 aromatic rings. The number of aliphatic hydroxyl groups is 1. The maximum absolute atomic E-state index is 13.9. The first kappa shape index (κ1) is 26.7. The minimum Gasteiger partial charge on any atom is -0.395 e. The van der Waals surface area contributed by atoms with Gasteiger partial charge in [0.15, 0.2) is 5.65 Å². The number of nitrogens with zero attached hydrogens (tertiary/aromatic N) is 6. The number of amides is 1. The van der Waals surface area contributed by atoms with E-state index < -0.39 is 35.1 Å². The van der Waals surface area contributed by atoms with Crippen LogP contribution in [0, 0.1) is 0 Å². The number of alkyl halides is 6. The molecule has 0 fully saturated rings. The molecule has 0 radical (unpaired) electrons. The van der Waals surface area contributed by atoms with Crippen LogP contribution in [0.15, 0.2) is 49.1 Å². The summed E-state index contributed by atoms with van der Waals surface area (Å²) >= 11 is 0. The second-order valence-corrected chi connectivity index (χ2v) is 7.91. The summed E-state index contributed by atoms with van der Waals surface area (Å²) in [5, 5.41) is 12.0. The van der Waals surface area contributed by atoms with Gasteiger partial charge in [0.25, 0.3) is 5.91 Å². The fourth-order valence-electron chi connectivity index (χ4n) is 3.40. The Bertz CT molecular complexity index is 1480. The number of carbonyl (C=O) groups is 1. The molecular weight excluding hydrogens is 520 g/mol. The van der Waals surface area contributed by atoms with Gasteiger partial charge in [-0.3, -0.25) is 9.78 Å². The molecule has 0 atom stereocenters. The number of pyridine rings is 3. The fourth-order valence-corrected chi connectivity index (χ4v) is 3.40. The Morgan fingerprint density at radius 1 is 0.974 bits per heavy atom. The summed E-state index contributed by atoms with van der Waals surface area (Å²) in [6, 6.07) is 4.80. The number of hydrogen-bond donors (Lipinski definition) is 2. The smallest absolute Gasteiger partial charge is 0.395 e. The van der Waals surface area contributed by atoms with Gasteiger partial charge in [0.2, 0.25) is 5.95 Å². The first-order valence-corrected chi connectivity index (χ1v) is 10.7. The van der Waals surface area contributed by atoms with Crippen LogP contribution in [0.3, 0.4) is 0 Å². The third kappa shape index (κ3) is 5.61. The van der Waals surface area contributed by atoms with Crippen LogP contribution in [-0.4, -0.2) is 61.0 Å². The Kier molecular flexibility index (Phi) is 7.13. The van der Waals surface area contributed by atoms with Crippen LogP contribution >= 0.6 is 0 Å². The molecule has 0 spiro atoms. The Morgan fingerprint density at radius 3 is 2.32 bits per heavy atom. The molecule has 0 aliphatic heterocycles. The predicted octanol–water partition coefficient (Wildman–Crippen LogP) is 4.33. The summed E-state index contributed by atoms with van der Waals surface area (Å²) in [5.41, 5.74) is -2.95. The molecule has 0 bridgehead atoms. The zero-order valence-corrected chi connectivity index (χ0v) is 19.3. The Morgan fingerprint density at radius 2 is 1.68 bits per heavy atom. The number of aromatic nitrogens is 5. The van der Waals surface area contributed by atoms with Crippen molar-refractivity contribution < 1.29 is 36.2 Å². The quantitative estimate of drug-likeness (QED) is 0.349. The molecule has 9 nitrogen and oxygen atoms in total. The molecule has 0 unspecified atom stereocenters. The zero-order valence-electron chi connectivity index (χ0n) is 19.3. The van der Waals surface area contributed by atoms with Gasteiger partial charge in [-0.1, -0.05) is 0 Å². The molecule has 2 N–H and O–H groups in total. The Hall–Kier alpha value is -4.40. The van der Waals surface area contributed by atoms with Crippen LogP contribution in [0.4, 0.5) is 38.0 Å². The third-order valence-corrected chi connectivity index (χ3v) is 5.29. The Balaban J connectivity index is 1.70. The normalized spacial score (nSPS) is 12.0. The molecule has 0 saturated carbocycles. The van der Waals surface area contributed by atoms with Crippen molar-refractivity contribution >= 4 is 28.6 Å². The highest BCUT2D eigenvalue weighted by Crippen LogP contribution is 2.37. The number of carbonyl (C=O) groups excluding carboxylic acids is 1. The van der Waals surface area contributed by atoms with Crippen LogP contribution in [0.5, 0.6) is 0 Å². The fraction of sp³-hybridized carbons (Fsp3) is 0.217. The number of nitrogens with one attached hydrogen (secondary N) is 1. The molecule has 198 valence electrons. The lowest BCUT2D eigenvalue weighted by molar-refractivity contribution is -0.138. The molecular formula is C23H17F6N7O2. The summed E-state index contributed by atoms with van der Waals surface area (Å²) in [4.78, 5) is 32.8. The van der Waals surface area contributed by atoms with E-state index in [1.807, 2.05) is 0 Å². The summed E-state index contributed by atoms with van der Waals surface area (Å²) in [6.07, 6.45) is -5.99. The summed E-state index contributed by atoms with van der Waals surface area (Å²) in [5.74, 6) is -0.903. The lowest BCUT2D eigenvalue weighted by Gasteiger charge is -2.18. The lowest BCUT2D eigenvalue weighted by atomic mass is 10.1. The van der Waals surface area contributed by atoms with E-state index in [9.17, 15) is 31.1 Å². The molecule has 15 heteroatoms. The molecule has 1 amide bonds. The molecule has 4 aromatic heterocycles. The van der Waals surface area contributed by atoms with Crippen molar-refractivity contribution in [3.8, 4) is 11.4 Å². The topological polar surface area (TPSA) is 117 Å². The van der Waals surface area contributed by atoms with Crippen molar-refractivity contribution in [3.05, 3.63) is 65.7 Å². The van der Waals surface area contributed by atoms with Gasteiger partial charge in [-0.05, 0) is 24.3 Å². The first-order chi connectivity index (χ1) is 17.9. The first-order valence-electron chi connectivity index (χ1n) is 10.7. The minimum atomic E-state index is -4.87. The number of anilines is 2. The summed E-state index contributed by atoms with van der Waals surface area (Å²) in [6.45, 7) is -0.441. The van der Waals surface area contributed by atoms with E-state index in [0.29, 0.717) is 29.5 Å². The van der Waals surface area contributed by atoms with Crippen LogP contribution in [0.1, 0.15) is 21.5 Å². The number of rotatable bonds is 6. The highest BCUT2D eigenvalue weighted by Gasteiger charge is 2.36. The molecule has 38 heavy (non-hydrogen) atoms. The van der Waals surface area contributed by atoms with Gasteiger partial charge >= 0.3 is 12.4 Å². The van der Waals surface area contributed by atoms with Crippen LogP contribution in [0.2, 0.25) is 0 Å². The van der Waals surface area contributed by atoms with Gasteiger partial charge in [-0.15, -0.1) is 0 Å². The van der Waals surface area contributed by atoms with Gasteiger partial charge in [0.1, 0.15) is 5.69 Å². The van der Waals surface area contributed by atoms with Crippen LogP contribution in [-0.2, 0) is 12.4 Å². The van der Waals surface area contributed by atoms with E-state index in [2.05, 4.69) is 30.2 Å². The van der Waals surface area contributed by atoms with Crippen LogP contribution in [0.25, 0.3) is 22.4 Å². The van der Waals surface area contributed by atoms with E-state index >= 15 is 0 Å². The number of halogens is 6. The maximum Gasteiger partial charge on any atom is 0.419 e. The number of aliphatic hydroxyl groups excluding tert-OH is 1. The van der Waals surface area contributed by atoms with Crippen molar-refractivity contribution in [2.75, 3.05) is 25.5 Å². The van der Waals surface area contributed by atoms with Crippen molar-refractivity contribution in [2.45, 2.75) is 12.4 Å². The van der Waals surface area contributed by atoms with Crippen molar-refractivity contribution in [1.29, 1.82) is 0 Å². The summed E-state index contributed by atoms with van der Waals surface area (Å²) < 4.78 is 79.9. The molecule has 4 rings (SSSR count). The van der Waals surface area contributed by atoms with E-state index in [1.54, 1.807) is 0 Å². The standard InChI is InChI=1S/C23H17F6N7O2/c1-36(6-7-37)20(38)12-8-15(23(27,28)29)18(31-9-12)17-3-2-14-16(4-5-30-19(14)34-17)35-21-32-10-13(11-33-21)22(24,25)26/h2-5,8-11,37H,6-7H2,1H3,(H,30,32,33,34,35). The SMILES string of the molecule is CN(CCO)C(=O)c1cnc(-c2ccc3c(Nc4ncc(C(F)(F)F)cn4)ccnc3n2)c(C(F)(F)F)c1. The van der Waals surface area contributed by atoms with Gasteiger partial charge in [0, 0.05) is 43.8 Å². The molecule has 0 aromatic carbocycles. The highest BCUT2D eigenvalue weighted by molar-refractivity contribution is 5.95. The van der Waals surface area contributed by atoms with Gasteiger partial charge < -0.3 is 15.3 Å². The number of hydrogen-bond acceptors (Lipinski definition) is 8. The second kappa shape index (κ2) is 10.2. The van der Waals surface area contributed by atoms with Crippen molar-refractivity contribution in [3.63, 3.8) is 0 Å². The predicted molar refractivity (Wildman–Crippen MR) is 122 cm³/mol. The summed E-state index contributed by atoms with van der Waals surface area (Å²) in [7, 11) is 1.33. The van der Waals surface area contributed by atoms with Crippen LogP contribution < -0.4 is 5.32 Å².